The summed E-state index contributed by atoms with van der Waals surface area (Å²) in [7, 11) is 0. The van der Waals surface area contributed by atoms with Gasteiger partial charge in [-0.15, -0.1) is 0 Å². The zero-order valence-electron chi connectivity index (χ0n) is 10.4. The van der Waals surface area contributed by atoms with E-state index >= 15 is 0 Å². The summed E-state index contributed by atoms with van der Waals surface area (Å²) in [5, 5.41) is 12.1. The van der Waals surface area contributed by atoms with Gasteiger partial charge in [0.1, 0.15) is 11.8 Å². The highest BCUT2D eigenvalue weighted by molar-refractivity contribution is 5.49. The summed E-state index contributed by atoms with van der Waals surface area (Å²) in [5.74, 6) is 2.58. The number of ether oxygens (including phenoxy) is 1. The van der Waals surface area contributed by atoms with Crippen molar-refractivity contribution in [1.29, 1.82) is 5.26 Å². The van der Waals surface area contributed by atoms with Crippen molar-refractivity contribution >= 4 is 5.69 Å². The number of nitrogens with zero attached hydrogens (tertiary/aromatic N) is 1. The molecule has 2 bridgehead atoms. The summed E-state index contributed by atoms with van der Waals surface area (Å²) in [5.41, 5.74) is 1.11. The fourth-order valence-electron chi connectivity index (χ4n) is 3.43. The van der Waals surface area contributed by atoms with E-state index in [-0.39, 0.29) is 6.61 Å². The molecule has 0 aromatic heterocycles. The minimum atomic E-state index is 0.109. The fourth-order valence-corrected chi connectivity index (χ4v) is 3.43. The van der Waals surface area contributed by atoms with Gasteiger partial charge < -0.3 is 10.1 Å². The number of anilines is 1. The van der Waals surface area contributed by atoms with Gasteiger partial charge in [0.2, 0.25) is 0 Å². The summed E-state index contributed by atoms with van der Waals surface area (Å²) in [4.78, 5) is 0. The number of nitrogens with one attached hydrogen (secondary N) is 1. The molecule has 0 radical (unpaired) electrons. The van der Waals surface area contributed by atoms with Crippen LogP contribution in [0.5, 0.6) is 5.75 Å². The zero-order valence-corrected chi connectivity index (χ0v) is 10.4. The molecule has 1 aromatic carbocycles. The SMILES string of the molecule is N#CCOc1cccc(NC2CC3CCC2C3)c1. The molecule has 2 aliphatic rings. The molecule has 1 N–H and O–H groups in total. The van der Waals surface area contributed by atoms with Gasteiger partial charge >= 0.3 is 0 Å². The molecule has 2 saturated carbocycles. The van der Waals surface area contributed by atoms with Gasteiger partial charge in [0.25, 0.3) is 0 Å². The first-order chi connectivity index (χ1) is 8.85. The van der Waals surface area contributed by atoms with Crippen molar-refractivity contribution in [2.45, 2.75) is 31.7 Å². The molecule has 0 aliphatic heterocycles. The van der Waals surface area contributed by atoms with Gasteiger partial charge in [-0.3, -0.25) is 0 Å². The molecule has 0 heterocycles. The van der Waals surface area contributed by atoms with Crippen LogP contribution < -0.4 is 10.1 Å². The van der Waals surface area contributed by atoms with Gasteiger partial charge in [-0.25, -0.2) is 0 Å². The molecule has 0 spiro atoms. The van der Waals surface area contributed by atoms with Crippen molar-refractivity contribution in [2.75, 3.05) is 11.9 Å². The summed E-state index contributed by atoms with van der Waals surface area (Å²) >= 11 is 0. The first-order valence-corrected chi connectivity index (χ1v) is 6.71. The van der Waals surface area contributed by atoms with Crippen molar-refractivity contribution in [3.63, 3.8) is 0 Å². The first kappa shape index (κ1) is 11.4. The molecule has 18 heavy (non-hydrogen) atoms. The second-order valence-corrected chi connectivity index (χ2v) is 5.40. The molecule has 0 saturated heterocycles. The van der Waals surface area contributed by atoms with Crippen molar-refractivity contribution in [1.82, 2.24) is 0 Å². The lowest BCUT2D eigenvalue weighted by Gasteiger charge is -2.24. The van der Waals surface area contributed by atoms with Gasteiger partial charge in [0.15, 0.2) is 6.61 Å². The van der Waals surface area contributed by atoms with Crippen LogP contribution in [0.3, 0.4) is 0 Å². The van der Waals surface area contributed by atoms with Gasteiger partial charge in [-0.05, 0) is 43.2 Å². The maximum Gasteiger partial charge on any atom is 0.174 e. The van der Waals surface area contributed by atoms with Crippen LogP contribution in [0.2, 0.25) is 0 Å². The maximum absolute atomic E-state index is 8.51. The molecular formula is C15H18N2O. The average Bonchev–Trinajstić information content (AvgIpc) is 2.99. The Hall–Kier alpha value is -1.69. The first-order valence-electron chi connectivity index (χ1n) is 6.71. The Morgan fingerprint density at radius 1 is 1.33 bits per heavy atom. The minimum absolute atomic E-state index is 0.109. The highest BCUT2D eigenvalue weighted by Gasteiger charge is 2.39. The maximum atomic E-state index is 8.51. The number of rotatable bonds is 4. The van der Waals surface area contributed by atoms with E-state index in [0.29, 0.717) is 6.04 Å². The molecule has 0 amide bonds. The number of nitriles is 1. The molecule has 3 atom stereocenters. The minimum Gasteiger partial charge on any atom is -0.479 e. The molecule has 1 aromatic rings. The molecule has 3 heteroatoms. The van der Waals surface area contributed by atoms with E-state index in [1.54, 1.807) is 0 Å². The van der Waals surface area contributed by atoms with Crippen LogP contribution in [0.25, 0.3) is 0 Å². The van der Waals surface area contributed by atoms with Crippen LogP contribution >= 0.6 is 0 Å². The van der Waals surface area contributed by atoms with Gasteiger partial charge in [-0.1, -0.05) is 12.5 Å². The summed E-state index contributed by atoms with van der Waals surface area (Å²) in [6, 6.07) is 10.6. The third-order valence-corrected chi connectivity index (χ3v) is 4.23. The predicted molar refractivity (Wildman–Crippen MR) is 70.4 cm³/mol. The number of hydrogen-bond donors (Lipinski definition) is 1. The molecule has 2 aliphatic carbocycles. The van der Waals surface area contributed by atoms with Gasteiger partial charge in [-0.2, -0.15) is 5.26 Å². The average molecular weight is 242 g/mol. The normalized spacial score (nSPS) is 28.9. The van der Waals surface area contributed by atoms with E-state index in [1.165, 1.54) is 25.7 Å². The Morgan fingerprint density at radius 2 is 2.28 bits per heavy atom. The van der Waals surface area contributed by atoms with E-state index in [2.05, 4.69) is 11.4 Å². The van der Waals surface area contributed by atoms with Crippen molar-refractivity contribution in [3.8, 4) is 11.8 Å². The Morgan fingerprint density at radius 3 is 3.00 bits per heavy atom. The molecule has 2 fully saturated rings. The second-order valence-electron chi connectivity index (χ2n) is 5.40. The van der Waals surface area contributed by atoms with Gasteiger partial charge in [0, 0.05) is 17.8 Å². The van der Waals surface area contributed by atoms with Crippen LogP contribution in [0, 0.1) is 23.2 Å². The van der Waals surface area contributed by atoms with Crippen LogP contribution in [-0.2, 0) is 0 Å². The summed E-state index contributed by atoms with van der Waals surface area (Å²) in [6.07, 6.45) is 5.53. The number of benzene rings is 1. The molecule has 3 rings (SSSR count). The third kappa shape index (κ3) is 2.28. The van der Waals surface area contributed by atoms with E-state index < -0.39 is 0 Å². The Labute approximate surface area is 108 Å². The van der Waals surface area contributed by atoms with Crippen LogP contribution in [0.1, 0.15) is 25.7 Å². The number of hydrogen-bond acceptors (Lipinski definition) is 3. The summed E-state index contributed by atoms with van der Waals surface area (Å²) < 4.78 is 5.32. The quantitative estimate of drug-likeness (QED) is 0.882. The lowest BCUT2D eigenvalue weighted by molar-refractivity contribution is 0.368. The van der Waals surface area contributed by atoms with Crippen LogP contribution in [0.15, 0.2) is 24.3 Å². The van der Waals surface area contributed by atoms with Crippen molar-refractivity contribution in [2.24, 2.45) is 11.8 Å². The van der Waals surface area contributed by atoms with Crippen LogP contribution in [0.4, 0.5) is 5.69 Å². The fraction of sp³-hybridized carbons (Fsp3) is 0.533. The zero-order chi connectivity index (χ0) is 12.4. The monoisotopic (exact) mass is 242 g/mol. The standard InChI is InChI=1S/C15H18N2O/c16-6-7-18-14-3-1-2-13(10-14)17-15-9-11-4-5-12(15)8-11/h1-3,10-12,15,17H,4-5,7-9H2. The topological polar surface area (TPSA) is 45.0 Å². The highest BCUT2D eigenvalue weighted by atomic mass is 16.5. The molecule has 3 nitrogen and oxygen atoms in total. The van der Waals surface area contributed by atoms with E-state index in [9.17, 15) is 0 Å². The number of fused-ring (bicyclic) bond motifs is 2. The Bertz CT molecular complexity index is 466. The third-order valence-electron chi connectivity index (χ3n) is 4.23. The Balaban J connectivity index is 1.64. The molecule has 3 unspecified atom stereocenters. The van der Waals surface area contributed by atoms with E-state index in [4.69, 9.17) is 10.00 Å². The lowest BCUT2D eigenvalue weighted by atomic mass is 9.95. The van der Waals surface area contributed by atoms with Crippen molar-refractivity contribution in [3.05, 3.63) is 24.3 Å². The molecule has 94 valence electrons. The largest absolute Gasteiger partial charge is 0.479 e. The smallest absolute Gasteiger partial charge is 0.174 e. The highest BCUT2D eigenvalue weighted by Crippen LogP contribution is 2.45. The molecular weight excluding hydrogens is 224 g/mol. The predicted octanol–water partition coefficient (Wildman–Crippen LogP) is 3.19. The van der Waals surface area contributed by atoms with Crippen molar-refractivity contribution < 1.29 is 4.74 Å². The Kier molecular flexibility index (Phi) is 3.10. The summed E-state index contributed by atoms with van der Waals surface area (Å²) in [6.45, 7) is 0.109. The lowest BCUT2D eigenvalue weighted by Crippen LogP contribution is -2.25. The van der Waals surface area contributed by atoms with E-state index in [0.717, 1.165) is 23.3 Å². The second kappa shape index (κ2) is 4.89. The van der Waals surface area contributed by atoms with Crippen LogP contribution in [-0.4, -0.2) is 12.6 Å². The van der Waals surface area contributed by atoms with E-state index in [1.807, 2.05) is 24.3 Å². The van der Waals surface area contributed by atoms with Gasteiger partial charge in [0.05, 0.1) is 0 Å².